The van der Waals surface area contributed by atoms with E-state index in [0.717, 1.165) is 36.5 Å². The van der Waals surface area contributed by atoms with Crippen LogP contribution < -0.4 is 5.32 Å². The van der Waals surface area contributed by atoms with E-state index in [9.17, 15) is 4.79 Å². The van der Waals surface area contributed by atoms with Crippen LogP contribution in [0.4, 0.5) is 10.8 Å². The smallest absolute Gasteiger partial charge is 0.302 e. The second kappa shape index (κ2) is 8.09. The van der Waals surface area contributed by atoms with E-state index in [1.807, 2.05) is 24.3 Å². The van der Waals surface area contributed by atoms with Crippen LogP contribution in [0.1, 0.15) is 69.9 Å². The van der Waals surface area contributed by atoms with Gasteiger partial charge in [-0.3, -0.25) is 4.79 Å². The van der Waals surface area contributed by atoms with Crippen LogP contribution in [0, 0.1) is 28.6 Å². The number of fused-ring (bicyclic) bond motifs is 7. The van der Waals surface area contributed by atoms with Crippen LogP contribution in [0.5, 0.6) is 0 Å². The molecule has 34 heavy (non-hydrogen) atoms. The van der Waals surface area contributed by atoms with Gasteiger partial charge in [-0.05, 0) is 85.8 Å². The summed E-state index contributed by atoms with van der Waals surface area (Å²) in [6.45, 7) is 6.47. The number of thiazole rings is 1. The zero-order valence-corrected chi connectivity index (χ0v) is 21.8. The molecule has 4 aliphatic rings. The summed E-state index contributed by atoms with van der Waals surface area (Å²) in [6.07, 6.45) is 10.6. The van der Waals surface area contributed by atoms with Gasteiger partial charge in [0.05, 0.1) is 21.3 Å². The average molecular weight is 497 g/mol. The number of aryl methyl sites for hydroxylation is 1. The first-order chi connectivity index (χ1) is 16.3. The Kier molecular flexibility index (Phi) is 5.38. The van der Waals surface area contributed by atoms with E-state index < -0.39 is 0 Å². The van der Waals surface area contributed by atoms with Crippen molar-refractivity contribution in [3.8, 4) is 0 Å². The molecule has 1 N–H and O–H groups in total. The number of allylic oxidation sites excluding steroid dienone is 2. The highest BCUT2D eigenvalue weighted by Gasteiger charge is 2.59. The molecular weight excluding hydrogens is 464 g/mol. The fourth-order valence-electron chi connectivity index (χ4n) is 7.95. The molecule has 6 rings (SSSR count). The Bertz CT molecular complexity index is 1170. The first-order valence-corrected chi connectivity index (χ1v) is 13.9. The van der Waals surface area contributed by atoms with Gasteiger partial charge in [0.2, 0.25) is 0 Å². The molecule has 4 aliphatic carbocycles. The van der Waals surface area contributed by atoms with Gasteiger partial charge in [-0.2, -0.15) is 0 Å². The Balaban J connectivity index is 1.30. The number of anilines is 2. The van der Waals surface area contributed by atoms with E-state index in [1.54, 1.807) is 18.3 Å². The lowest BCUT2D eigenvalue weighted by atomic mass is 9.48. The maximum Gasteiger partial charge on any atom is 0.302 e. The third-order valence-electron chi connectivity index (χ3n) is 9.62. The summed E-state index contributed by atoms with van der Waals surface area (Å²) < 4.78 is 5.82. The Hall–Kier alpha value is -1.85. The molecule has 0 bridgehead atoms. The van der Waals surface area contributed by atoms with E-state index >= 15 is 0 Å². The van der Waals surface area contributed by atoms with Gasteiger partial charge >= 0.3 is 5.97 Å². The number of esters is 1. The number of ether oxygens (including phenoxy) is 1. The van der Waals surface area contributed by atoms with E-state index in [1.165, 1.54) is 35.4 Å². The van der Waals surface area contributed by atoms with Gasteiger partial charge in [0, 0.05) is 12.3 Å². The number of hydrogen-bond acceptors (Lipinski definition) is 5. The standard InChI is InChI=1S/C28H33ClN2O2S/c1-16(32)33-24-11-10-18-17-8-9-20-25-23(13-15-27(20,2)19(17)12-14-28(18,24)3)31-26(34-25)30-22-7-5-4-6-21(22)29/h4-7,9,17-19,24H,8,10-15H2,1-3H3,(H,30,31)/t17-,18-,19-,24-,27+,28-/m0/s1. The van der Waals surface area contributed by atoms with Gasteiger partial charge in [-0.15, -0.1) is 0 Å². The van der Waals surface area contributed by atoms with Crippen molar-refractivity contribution in [1.82, 2.24) is 4.98 Å². The molecule has 1 aromatic heterocycles. The Morgan fingerprint density at radius 2 is 2.00 bits per heavy atom. The molecule has 0 saturated heterocycles. The van der Waals surface area contributed by atoms with Gasteiger partial charge in [0.15, 0.2) is 5.13 Å². The number of nitrogens with one attached hydrogen (secondary N) is 1. The number of carbonyl (C=O) groups is 1. The molecule has 2 saturated carbocycles. The van der Waals surface area contributed by atoms with Gasteiger partial charge in [0.1, 0.15) is 6.10 Å². The molecular formula is C28H33ClN2O2S. The van der Waals surface area contributed by atoms with E-state index in [0.29, 0.717) is 22.8 Å². The van der Waals surface area contributed by atoms with Crippen LogP contribution in [0.2, 0.25) is 5.02 Å². The summed E-state index contributed by atoms with van der Waals surface area (Å²) in [5.41, 5.74) is 4.00. The van der Waals surface area contributed by atoms with Gasteiger partial charge in [-0.1, -0.05) is 55.0 Å². The maximum absolute atomic E-state index is 11.7. The number of nitrogens with zero attached hydrogens (tertiary/aromatic N) is 1. The van der Waals surface area contributed by atoms with Crippen molar-refractivity contribution in [3.05, 3.63) is 45.9 Å². The third-order valence-corrected chi connectivity index (χ3v) is 11.0. The molecule has 6 atom stereocenters. The number of rotatable bonds is 3. The molecule has 2 aromatic rings. The summed E-state index contributed by atoms with van der Waals surface area (Å²) in [4.78, 5) is 18.1. The second-order valence-corrected chi connectivity index (χ2v) is 12.7. The average Bonchev–Trinajstić information content (AvgIpc) is 3.35. The molecule has 1 aromatic carbocycles. The zero-order valence-electron chi connectivity index (χ0n) is 20.2. The third kappa shape index (κ3) is 3.37. The minimum Gasteiger partial charge on any atom is -0.462 e. The van der Waals surface area contributed by atoms with Crippen molar-refractivity contribution in [2.75, 3.05) is 5.32 Å². The van der Waals surface area contributed by atoms with Crippen LogP contribution in [0.25, 0.3) is 5.57 Å². The molecule has 0 amide bonds. The van der Waals surface area contributed by atoms with E-state index in [4.69, 9.17) is 21.3 Å². The summed E-state index contributed by atoms with van der Waals surface area (Å²) in [7, 11) is 0. The molecule has 0 radical (unpaired) electrons. The maximum atomic E-state index is 11.7. The monoisotopic (exact) mass is 496 g/mol. The number of aromatic nitrogens is 1. The van der Waals surface area contributed by atoms with Crippen LogP contribution in [-0.2, 0) is 16.0 Å². The molecule has 2 fully saturated rings. The zero-order chi connectivity index (χ0) is 23.7. The fourth-order valence-corrected chi connectivity index (χ4v) is 9.34. The summed E-state index contributed by atoms with van der Waals surface area (Å²) >= 11 is 8.16. The summed E-state index contributed by atoms with van der Waals surface area (Å²) in [5.74, 6) is 1.89. The first kappa shape index (κ1) is 22.6. The Labute approximate surface area is 211 Å². The minimum absolute atomic E-state index is 0.0898. The van der Waals surface area contributed by atoms with Crippen molar-refractivity contribution in [3.63, 3.8) is 0 Å². The van der Waals surface area contributed by atoms with Crippen LogP contribution in [0.3, 0.4) is 0 Å². The van der Waals surface area contributed by atoms with Crippen LogP contribution in [0.15, 0.2) is 30.3 Å². The highest BCUT2D eigenvalue weighted by molar-refractivity contribution is 7.16. The SMILES string of the molecule is CC(=O)O[C@H]1CC[C@H]2[C@@H]3CC=C4c5sc(Nc6ccccc6Cl)nc5CC[C@]4(C)[C@H]3CC[C@]12C. The lowest BCUT2D eigenvalue weighted by Gasteiger charge is -2.56. The fraction of sp³-hybridized carbons (Fsp3) is 0.571. The number of benzene rings is 1. The highest BCUT2D eigenvalue weighted by atomic mass is 35.5. The Morgan fingerprint density at radius 1 is 1.18 bits per heavy atom. The summed E-state index contributed by atoms with van der Waals surface area (Å²) in [6, 6.07) is 7.85. The van der Waals surface area contributed by atoms with Crippen molar-refractivity contribution in [1.29, 1.82) is 0 Å². The topological polar surface area (TPSA) is 51.2 Å². The number of hydrogen-bond donors (Lipinski definition) is 1. The molecule has 6 heteroatoms. The molecule has 180 valence electrons. The second-order valence-electron chi connectivity index (χ2n) is 11.3. The van der Waals surface area contributed by atoms with Gasteiger partial charge < -0.3 is 10.1 Å². The molecule has 0 aliphatic heterocycles. The molecule has 0 spiro atoms. The quantitative estimate of drug-likeness (QED) is 0.443. The lowest BCUT2D eigenvalue weighted by molar-refractivity contribution is -0.156. The summed E-state index contributed by atoms with van der Waals surface area (Å²) in [5, 5.41) is 5.10. The minimum atomic E-state index is -0.127. The number of carbonyl (C=O) groups excluding carboxylic acids is 1. The van der Waals surface area contributed by atoms with Gasteiger partial charge in [-0.25, -0.2) is 4.98 Å². The van der Waals surface area contributed by atoms with E-state index in [-0.39, 0.29) is 22.9 Å². The van der Waals surface area contributed by atoms with Crippen molar-refractivity contribution >= 4 is 45.3 Å². The van der Waals surface area contributed by atoms with Gasteiger partial charge in [0.25, 0.3) is 0 Å². The normalized spacial score (nSPS) is 35.9. The van der Waals surface area contributed by atoms with Crippen molar-refractivity contribution in [2.45, 2.75) is 71.8 Å². The number of para-hydroxylation sites is 1. The van der Waals surface area contributed by atoms with Crippen molar-refractivity contribution in [2.24, 2.45) is 28.6 Å². The Morgan fingerprint density at radius 3 is 2.79 bits per heavy atom. The number of halogens is 1. The molecule has 0 unspecified atom stereocenters. The van der Waals surface area contributed by atoms with E-state index in [2.05, 4.69) is 25.2 Å². The van der Waals surface area contributed by atoms with Crippen LogP contribution >= 0.6 is 22.9 Å². The lowest BCUT2D eigenvalue weighted by Crippen LogP contribution is -2.50. The molecule has 4 nitrogen and oxygen atoms in total. The largest absolute Gasteiger partial charge is 0.462 e. The molecule has 1 heterocycles. The van der Waals surface area contributed by atoms with Crippen LogP contribution in [-0.4, -0.2) is 17.1 Å². The van der Waals surface area contributed by atoms with Crippen molar-refractivity contribution < 1.29 is 9.53 Å². The first-order valence-electron chi connectivity index (χ1n) is 12.7. The predicted octanol–water partition coefficient (Wildman–Crippen LogP) is 7.65. The predicted molar refractivity (Wildman–Crippen MR) is 138 cm³/mol. The highest BCUT2D eigenvalue weighted by Crippen LogP contribution is 2.66.